The average Bonchev–Trinajstić information content (AvgIpc) is 2.46. The Labute approximate surface area is 120 Å². The third-order valence-corrected chi connectivity index (χ3v) is 2.92. The largest absolute Gasteiger partial charge is 0.482 e. The maximum atomic E-state index is 13.6. The maximum absolute atomic E-state index is 13.6. The first kappa shape index (κ1) is 14.0. The van der Waals surface area contributed by atoms with E-state index in [9.17, 15) is 9.18 Å². The molecule has 0 aliphatic carbocycles. The number of halogens is 2. The van der Waals surface area contributed by atoms with E-state index in [1.165, 1.54) is 12.1 Å². The number of nitriles is 1. The molecule has 0 fully saturated rings. The first-order chi connectivity index (χ1) is 9.61. The van der Waals surface area contributed by atoms with Gasteiger partial charge in [-0.25, -0.2) is 4.39 Å². The van der Waals surface area contributed by atoms with Crippen molar-refractivity contribution in [2.24, 2.45) is 0 Å². The van der Waals surface area contributed by atoms with Crippen molar-refractivity contribution in [3.63, 3.8) is 0 Å². The molecule has 2 aromatic rings. The van der Waals surface area contributed by atoms with Gasteiger partial charge in [0.15, 0.2) is 18.2 Å². The van der Waals surface area contributed by atoms with Crippen LogP contribution >= 0.6 is 11.6 Å². The van der Waals surface area contributed by atoms with Gasteiger partial charge in [0.05, 0.1) is 16.7 Å². The number of hydrogen-bond donors (Lipinski definition) is 0. The topological polar surface area (TPSA) is 50.1 Å². The third-order valence-electron chi connectivity index (χ3n) is 2.59. The van der Waals surface area contributed by atoms with Crippen molar-refractivity contribution in [3.05, 3.63) is 64.4 Å². The molecule has 0 aliphatic rings. The van der Waals surface area contributed by atoms with E-state index < -0.39 is 5.82 Å². The van der Waals surface area contributed by atoms with E-state index in [4.69, 9.17) is 21.6 Å². The van der Waals surface area contributed by atoms with Crippen LogP contribution in [0.4, 0.5) is 4.39 Å². The molecule has 3 nitrogen and oxygen atoms in total. The summed E-state index contributed by atoms with van der Waals surface area (Å²) in [7, 11) is 0. The Morgan fingerprint density at radius 3 is 2.70 bits per heavy atom. The lowest BCUT2D eigenvalue weighted by Gasteiger charge is -2.07. The molecule has 0 atom stereocenters. The monoisotopic (exact) mass is 289 g/mol. The molecule has 0 bridgehead atoms. The zero-order valence-corrected chi connectivity index (χ0v) is 11.0. The van der Waals surface area contributed by atoms with Crippen molar-refractivity contribution in [1.29, 1.82) is 5.26 Å². The van der Waals surface area contributed by atoms with Crippen LogP contribution < -0.4 is 4.74 Å². The Balaban J connectivity index is 2.08. The molecule has 0 unspecified atom stereocenters. The number of ketones is 1. The van der Waals surface area contributed by atoms with Gasteiger partial charge in [0.25, 0.3) is 0 Å². The second-order valence-corrected chi connectivity index (χ2v) is 4.36. The van der Waals surface area contributed by atoms with Gasteiger partial charge in [0.1, 0.15) is 0 Å². The summed E-state index contributed by atoms with van der Waals surface area (Å²) in [5.41, 5.74) is 0.510. The number of ether oxygens (including phenoxy) is 1. The highest BCUT2D eigenvalue weighted by molar-refractivity contribution is 6.34. The highest BCUT2D eigenvalue weighted by atomic mass is 35.5. The average molecular weight is 290 g/mol. The van der Waals surface area contributed by atoms with Crippen molar-refractivity contribution in [1.82, 2.24) is 0 Å². The van der Waals surface area contributed by atoms with E-state index >= 15 is 0 Å². The van der Waals surface area contributed by atoms with Crippen LogP contribution in [-0.4, -0.2) is 12.4 Å². The first-order valence-corrected chi connectivity index (χ1v) is 6.10. The van der Waals surface area contributed by atoms with Gasteiger partial charge >= 0.3 is 0 Å². The van der Waals surface area contributed by atoms with Gasteiger partial charge in [-0.2, -0.15) is 5.26 Å². The molecule has 0 saturated heterocycles. The van der Waals surface area contributed by atoms with Crippen LogP contribution in [0, 0.1) is 17.1 Å². The normalized spacial score (nSPS) is 9.85. The summed E-state index contributed by atoms with van der Waals surface area (Å²) in [6.45, 7) is -0.327. The highest BCUT2D eigenvalue weighted by Gasteiger charge is 2.12. The minimum atomic E-state index is -0.684. The standard InChI is InChI=1S/C15H9ClFNO2/c16-12-4-2-1-3-11(12)14(19)9-20-15-6-5-10(8-18)7-13(15)17/h1-7H,9H2. The van der Waals surface area contributed by atoms with Crippen molar-refractivity contribution < 1.29 is 13.9 Å². The number of benzene rings is 2. The van der Waals surface area contributed by atoms with Crippen LogP contribution in [0.25, 0.3) is 0 Å². The second kappa shape index (κ2) is 6.18. The van der Waals surface area contributed by atoms with E-state index in [2.05, 4.69) is 0 Å². The molecule has 100 valence electrons. The summed E-state index contributed by atoms with van der Waals surface area (Å²) in [4.78, 5) is 11.9. The van der Waals surface area contributed by atoms with Gasteiger partial charge in [-0.15, -0.1) is 0 Å². The fourth-order valence-electron chi connectivity index (χ4n) is 1.60. The van der Waals surface area contributed by atoms with E-state index in [0.717, 1.165) is 6.07 Å². The van der Waals surface area contributed by atoms with E-state index in [1.54, 1.807) is 24.3 Å². The Morgan fingerprint density at radius 1 is 1.30 bits per heavy atom. The summed E-state index contributed by atoms with van der Waals surface area (Å²) < 4.78 is 18.7. The highest BCUT2D eigenvalue weighted by Crippen LogP contribution is 2.20. The van der Waals surface area contributed by atoms with E-state index in [-0.39, 0.29) is 23.7 Å². The van der Waals surface area contributed by atoms with Gasteiger partial charge < -0.3 is 4.74 Å². The molecule has 0 N–H and O–H groups in total. The first-order valence-electron chi connectivity index (χ1n) is 5.72. The smallest absolute Gasteiger partial charge is 0.201 e. The number of rotatable bonds is 4. The van der Waals surface area contributed by atoms with Gasteiger partial charge in [0.2, 0.25) is 5.78 Å². The minimum absolute atomic E-state index is 0.0793. The van der Waals surface area contributed by atoms with Crippen LogP contribution in [0.3, 0.4) is 0 Å². The Hall–Kier alpha value is -2.38. The Kier molecular flexibility index (Phi) is 4.34. The Morgan fingerprint density at radius 2 is 2.05 bits per heavy atom. The number of nitrogens with zero attached hydrogens (tertiary/aromatic N) is 1. The molecular weight excluding hydrogens is 281 g/mol. The van der Waals surface area contributed by atoms with E-state index in [1.807, 2.05) is 6.07 Å². The molecular formula is C15H9ClFNO2. The van der Waals surface area contributed by atoms with Gasteiger partial charge in [0, 0.05) is 5.56 Å². The quantitative estimate of drug-likeness (QED) is 0.808. The lowest BCUT2D eigenvalue weighted by Crippen LogP contribution is -2.12. The summed E-state index contributed by atoms with van der Waals surface area (Å²) >= 11 is 5.89. The van der Waals surface area contributed by atoms with Crippen molar-refractivity contribution in [2.45, 2.75) is 0 Å². The molecule has 0 radical (unpaired) electrons. The minimum Gasteiger partial charge on any atom is -0.482 e. The molecule has 2 rings (SSSR count). The Bertz CT molecular complexity index is 695. The molecule has 0 aliphatic heterocycles. The molecule has 0 aromatic heterocycles. The molecule has 2 aromatic carbocycles. The molecule has 0 heterocycles. The van der Waals surface area contributed by atoms with Crippen LogP contribution in [0.2, 0.25) is 5.02 Å². The van der Waals surface area contributed by atoms with Crippen LogP contribution in [-0.2, 0) is 0 Å². The lowest BCUT2D eigenvalue weighted by molar-refractivity contribution is 0.0919. The van der Waals surface area contributed by atoms with E-state index in [0.29, 0.717) is 10.6 Å². The SMILES string of the molecule is N#Cc1ccc(OCC(=O)c2ccccc2Cl)c(F)c1. The third kappa shape index (κ3) is 3.14. The van der Waals surface area contributed by atoms with Crippen LogP contribution in [0.1, 0.15) is 15.9 Å². The zero-order valence-electron chi connectivity index (χ0n) is 10.3. The molecule has 5 heteroatoms. The summed E-state index contributed by atoms with van der Waals surface area (Å²) in [5.74, 6) is -1.11. The molecule has 0 saturated carbocycles. The van der Waals surface area contributed by atoms with Gasteiger partial charge in [-0.1, -0.05) is 23.7 Å². The van der Waals surface area contributed by atoms with Gasteiger partial charge in [-0.3, -0.25) is 4.79 Å². The van der Waals surface area contributed by atoms with Crippen molar-refractivity contribution in [3.8, 4) is 11.8 Å². The number of hydrogen-bond acceptors (Lipinski definition) is 3. The predicted octanol–water partition coefficient (Wildman–Crippen LogP) is 3.61. The molecule has 0 amide bonds. The summed E-state index contributed by atoms with van der Waals surface area (Å²) in [6, 6.07) is 12.1. The maximum Gasteiger partial charge on any atom is 0.201 e. The second-order valence-electron chi connectivity index (χ2n) is 3.95. The molecule has 0 spiro atoms. The zero-order chi connectivity index (χ0) is 14.5. The van der Waals surface area contributed by atoms with Gasteiger partial charge in [-0.05, 0) is 30.3 Å². The molecule has 20 heavy (non-hydrogen) atoms. The summed E-state index contributed by atoms with van der Waals surface area (Å²) in [6.07, 6.45) is 0. The van der Waals surface area contributed by atoms with Crippen molar-refractivity contribution in [2.75, 3.05) is 6.61 Å². The number of carbonyl (C=O) groups is 1. The van der Waals surface area contributed by atoms with Crippen LogP contribution in [0.5, 0.6) is 5.75 Å². The van der Waals surface area contributed by atoms with Crippen molar-refractivity contribution >= 4 is 17.4 Å². The van der Waals surface area contributed by atoms with Crippen LogP contribution in [0.15, 0.2) is 42.5 Å². The number of carbonyl (C=O) groups excluding carboxylic acids is 1. The number of Topliss-reactive ketones (excluding diaryl/α,β-unsaturated/α-hetero) is 1. The predicted molar refractivity (Wildman–Crippen MR) is 72.4 cm³/mol. The summed E-state index contributed by atoms with van der Waals surface area (Å²) in [5, 5.41) is 8.94. The fraction of sp³-hybridized carbons (Fsp3) is 0.0667. The fourth-order valence-corrected chi connectivity index (χ4v) is 1.84. The lowest BCUT2D eigenvalue weighted by atomic mass is 10.1.